The second kappa shape index (κ2) is 11.4. The number of hydrogen-bond donors (Lipinski definition) is 2. The monoisotopic (exact) mass is 626 g/mol. The molecule has 1 aliphatic rings. The minimum Gasteiger partial charge on any atom is -0.508 e. The van der Waals surface area contributed by atoms with Gasteiger partial charge in [-0.2, -0.15) is 0 Å². The molecule has 0 aliphatic carbocycles. The Balaban J connectivity index is 1.19. The highest BCUT2D eigenvalue weighted by atomic mass is 79.9. The van der Waals surface area contributed by atoms with Crippen LogP contribution in [0.2, 0.25) is 0 Å². The van der Waals surface area contributed by atoms with E-state index in [0.29, 0.717) is 29.7 Å². The minimum absolute atomic E-state index is 0.135. The normalized spacial score (nSPS) is 14.4. The number of anilines is 1. The fourth-order valence-corrected chi connectivity index (χ4v) is 5.98. The zero-order valence-electron chi connectivity index (χ0n) is 23.1. The highest BCUT2D eigenvalue weighted by Crippen LogP contribution is 2.39. The summed E-state index contributed by atoms with van der Waals surface area (Å²) < 4.78 is 6.85. The number of benzene rings is 5. The third-order valence-electron chi connectivity index (χ3n) is 7.76. The minimum atomic E-state index is -0.197. The first-order valence-corrected chi connectivity index (χ1v) is 14.9. The number of fused-ring (bicyclic) bond motifs is 2. The van der Waals surface area contributed by atoms with Gasteiger partial charge in [-0.05, 0) is 71.6 Å². The molecule has 5 aromatic carbocycles. The molecule has 5 nitrogen and oxygen atoms in total. The molecule has 0 bridgehead atoms. The van der Waals surface area contributed by atoms with Gasteiger partial charge in [0.15, 0.2) is 5.76 Å². The molecule has 6 aromatic rings. The van der Waals surface area contributed by atoms with Crippen molar-refractivity contribution in [3.63, 3.8) is 0 Å². The molecule has 1 aliphatic heterocycles. The van der Waals surface area contributed by atoms with Gasteiger partial charge >= 0.3 is 0 Å². The van der Waals surface area contributed by atoms with E-state index in [0.717, 1.165) is 49.2 Å². The Labute approximate surface area is 257 Å². The second-order valence-electron chi connectivity index (χ2n) is 10.7. The van der Waals surface area contributed by atoms with Gasteiger partial charge in [0.05, 0.1) is 23.1 Å². The Hall–Kier alpha value is -4.94. The van der Waals surface area contributed by atoms with Crippen LogP contribution in [0, 0.1) is 0 Å². The van der Waals surface area contributed by atoms with Gasteiger partial charge in [-0.1, -0.05) is 88.7 Å². The Bertz CT molecular complexity index is 2000. The molecule has 43 heavy (non-hydrogen) atoms. The van der Waals surface area contributed by atoms with Crippen LogP contribution in [0.25, 0.3) is 11.0 Å². The molecule has 2 heterocycles. The summed E-state index contributed by atoms with van der Waals surface area (Å²) in [5.41, 5.74) is 8.01. The van der Waals surface area contributed by atoms with Crippen molar-refractivity contribution in [3.8, 4) is 5.75 Å². The van der Waals surface area contributed by atoms with Crippen molar-refractivity contribution >= 4 is 49.8 Å². The molecule has 0 saturated heterocycles. The number of nitrogens with zero attached hydrogens (tertiary/aromatic N) is 1. The number of halogens is 1. The second-order valence-corrected chi connectivity index (χ2v) is 11.7. The Morgan fingerprint density at radius 1 is 0.860 bits per heavy atom. The number of carbonyl (C=O) groups is 1. The van der Waals surface area contributed by atoms with Gasteiger partial charge < -0.3 is 14.8 Å². The van der Waals surface area contributed by atoms with Crippen LogP contribution >= 0.6 is 15.9 Å². The third-order valence-corrected chi connectivity index (χ3v) is 8.26. The average Bonchev–Trinajstić information content (AvgIpc) is 3.37. The summed E-state index contributed by atoms with van der Waals surface area (Å²) in [6.07, 6.45) is 1.26. The lowest BCUT2D eigenvalue weighted by molar-refractivity contribution is 0.101. The summed E-state index contributed by atoms with van der Waals surface area (Å²) in [5.74, 6) is 0.429. The number of aliphatic imine (C=N–C) groups is 1. The van der Waals surface area contributed by atoms with Crippen molar-refractivity contribution in [1.29, 1.82) is 0 Å². The number of furan rings is 1. The summed E-state index contributed by atoms with van der Waals surface area (Å²) in [6.45, 7) is 0. The largest absolute Gasteiger partial charge is 0.508 e. The number of nitrogens with one attached hydrogen (secondary N) is 1. The highest BCUT2D eigenvalue weighted by Gasteiger charge is 2.24. The lowest BCUT2D eigenvalue weighted by Crippen LogP contribution is -2.15. The van der Waals surface area contributed by atoms with Gasteiger partial charge in [-0.25, -0.2) is 0 Å². The first kappa shape index (κ1) is 26.9. The maximum Gasteiger partial charge on any atom is 0.228 e. The molecule has 1 aromatic heterocycles. The summed E-state index contributed by atoms with van der Waals surface area (Å²) in [4.78, 5) is 17.9. The van der Waals surface area contributed by atoms with E-state index in [1.807, 2.05) is 78.9 Å². The lowest BCUT2D eigenvalue weighted by Gasteiger charge is -2.21. The van der Waals surface area contributed by atoms with Gasteiger partial charge in [-0.15, -0.1) is 0 Å². The molecule has 210 valence electrons. The molecule has 6 heteroatoms. The van der Waals surface area contributed by atoms with E-state index in [4.69, 9.17) is 9.41 Å². The van der Waals surface area contributed by atoms with Crippen molar-refractivity contribution in [2.75, 3.05) is 5.32 Å². The van der Waals surface area contributed by atoms with E-state index in [9.17, 15) is 9.90 Å². The smallest absolute Gasteiger partial charge is 0.228 e. The molecule has 2 N–H and O–H groups in total. The molecule has 0 amide bonds. The Kier molecular flexibility index (Phi) is 7.13. The molecule has 0 radical (unpaired) electrons. The molecular formula is C37H27BrN2O3. The van der Waals surface area contributed by atoms with Crippen molar-refractivity contribution in [1.82, 2.24) is 0 Å². The molecular weight excluding hydrogens is 600 g/mol. The van der Waals surface area contributed by atoms with E-state index in [1.54, 1.807) is 18.2 Å². The quantitative estimate of drug-likeness (QED) is 0.181. The maximum absolute atomic E-state index is 12.9. The summed E-state index contributed by atoms with van der Waals surface area (Å²) in [6, 6.07) is 38.7. The van der Waals surface area contributed by atoms with Crippen LogP contribution in [0.4, 0.5) is 11.4 Å². The Morgan fingerprint density at radius 3 is 2.42 bits per heavy atom. The van der Waals surface area contributed by atoms with Crippen LogP contribution in [-0.4, -0.2) is 16.6 Å². The number of aromatic hydroxyl groups is 1. The molecule has 7 rings (SSSR count). The van der Waals surface area contributed by atoms with Gasteiger partial charge in [0.2, 0.25) is 5.78 Å². The van der Waals surface area contributed by atoms with Gasteiger partial charge in [0, 0.05) is 27.4 Å². The first-order valence-electron chi connectivity index (χ1n) is 14.1. The van der Waals surface area contributed by atoms with Crippen LogP contribution in [0.15, 0.2) is 135 Å². The van der Waals surface area contributed by atoms with Crippen molar-refractivity contribution in [2.24, 2.45) is 4.99 Å². The van der Waals surface area contributed by atoms with Crippen molar-refractivity contribution in [2.45, 2.75) is 18.9 Å². The van der Waals surface area contributed by atoms with Crippen LogP contribution in [0.5, 0.6) is 5.75 Å². The van der Waals surface area contributed by atoms with Gasteiger partial charge in [0.1, 0.15) is 11.3 Å². The SMILES string of the molecule is O=C(c1ccccc1)c1cc2cc(Cc3ccc(O)c(C4CC(c5ccccc5)=Nc5ccc(Br)cc5N4)c3)ccc2o1. The number of phenols is 1. The highest BCUT2D eigenvalue weighted by molar-refractivity contribution is 9.10. The maximum atomic E-state index is 12.9. The summed E-state index contributed by atoms with van der Waals surface area (Å²) in [7, 11) is 0. The standard InChI is InChI=1S/C37H27BrN2O3/c38-28-13-14-30-33(21-28)40-32(22-31(39-30)25-7-3-1-4-8-25)29-19-24(11-15-34(29)41)17-23-12-16-35-27(18-23)20-36(43-35)37(42)26-9-5-2-6-10-26/h1-16,18-21,32,40-41H,17,22H2. The third kappa shape index (κ3) is 5.62. The molecule has 1 atom stereocenters. The van der Waals surface area contributed by atoms with E-state index < -0.39 is 0 Å². The number of rotatable bonds is 6. The van der Waals surface area contributed by atoms with Crippen LogP contribution in [0.1, 0.15) is 50.8 Å². The topological polar surface area (TPSA) is 74.8 Å². The predicted octanol–water partition coefficient (Wildman–Crippen LogP) is 9.40. The summed E-state index contributed by atoms with van der Waals surface area (Å²) >= 11 is 3.59. The number of ketones is 1. The van der Waals surface area contributed by atoms with E-state index in [2.05, 4.69) is 45.5 Å². The predicted molar refractivity (Wildman–Crippen MR) is 175 cm³/mol. The zero-order valence-corrected chi connectivity index (χ0v) is 24.7. The first-order chi connectivity index (χ1) is 21.0. The van der Waals surface area contributed by atoms with Gasteiger partial charge in [-0.3, -0.25) is 9.79 Å². The van der Waals surface area contributed by atoms with E-state index in [1.165, 1.54) is 0 Å². The van der Waals surface area contributed by atoms with Gasteiger partial charge in [0.25, 0.3) is 0 Å². The fraction of sp³-hybridized carbons (Fsp3) is 0.0811. The van der Waals surface area contributed by atoms with Crippen LogP contribution < -0.4 is 5.32 Å². The average molecular weight is 628 g/mol. The number of phenolic OH excluding ortho intramolecular Hbond substituents is 1. The van der Waals surface area contributed by atoms with Crippen LogP contribution in [0.3, 0.4) is 0 Å². The fourth-order valence-electron chi connectivity index (χ4n) is 5.62. The molecule has 0 spiro atoms. The number of carbonyl (C=O) groups excluding carboxylic acids is 1. The van der Waals surface area contributed by atoms with E-state index >= 15 is 0 Å². The van der Waals surface area contributed by atoms with Crippen LogP contribution in [-0.2, 0) is 6.42 Å². The van der Waals surface area contributed by atoms with Crippen molar-refractivity contribution in [3.05, 3.63) is 159 Å². The van der Waals surface area contributed by atoms with E-state index in [-0.39, 0.29) is 17.6 Å². The molecule has 1 unspecified atom stereocenters. The zero-order chi connectivity index (χ0) is 29.3. The molecule has 0 saturated carbocycles. The Morgan fingerprint density at radius 2 is 1.60 bits per heavy atom. The summed E-state index contributed by atoms with van der Waals surface area (Å²) in [5, 5.41) is 15.6. The number of hydrogen-bond acceptors (Lipinski definition) is 5. The lowest BCUT2D eigenvalue weighted by atomic mass is 9.93. The molecule has 0 fully saturated rings. The van der Waals surface area contributed by atoms with Crippen molar-refractivity contribution < 1.29 is 14.3 Å².